The Morgan fingerprint density at radius 2 is 2.00 bits per heavy atom. The molecule has 1 aromatic carbocycles. The standard InChI is InChI=1S/C16H24N4/c1-14(18-9-4-11-19(2)3)15-5-7-16(8-6-15)20-12-10-17-13-20/h5-8,10,12-14,18H,4,9,11H2,1-3H3. The maximum atomic E-state index is 4.07. The molecule has 0 saturated carbocycles. The summed E-state index contributed by atoms with van der Waals surface area (Å²) in [4.78, 5) is 6.28. The number of imidazole rings is 1. The summed E-state index contributed by atoms with van der Waals surface area (Å²) < 4.78 is 2.01. The van der Waals surface area contributed by atoms with E-state index in [0.29, 0.717) is 6.04 Å². The Morgan fingerprint density at radius 1 is 1.25 bits per heavy atom. The molecule has 1 atom stereocenters. The SMILES string of the molecule is CC(NCCCN(C)C)c1ccc(-n2ccnc2)cc1. The van der Waals surface area contributed by atoms with Crippen molar-refractivity contribution in [3.63, 3.8) is 0 Å². The first-order chi connectivity index (χ1) is 9.66. The van der Waals surface area contributed by atoms with Crippen molar-refractivity contribution in [3.05, 3.63) is 48.5 Å². The van der Waals surface area contributed by atoms with Gasteiger partial charge in [0.15, 0.2) is 0 Å². The van der Waals surface area contributed by atoms with Gasteiger partial charge in [-0.3, -0.25) is 0 Å². The van der Waals surface area contributed by atoms with Crippen molar-refractivity contribution in [1.82, 2.24) is 19.8 Å². The van der Waals surface area contributed by atoms with Gasteiger partial charge in [-0.25, -0.2) is 4.98 Å². The number of hydrogen-bond acceptors (Lipinski definition) is 3. The number of aromatic nitrogens is 2. The zero-order valence-corrected chi connectivity index (χ0v) is 12.6. The van der Waals surface area contributed by atoms with E-state index in [1.807, 2.05) is 17.1 Å². The fourth-order valence-corrected chi connectivity index (χ4v) is 2.18. The van der Waals surface area contributed by atoms with Crippen molar-refractivity contribution in [1.29, 1.82) is 0 Å². The second-order valence-electron chi connectivity index (χ2n) is 5.39. The van der Waals surface area contributed by atoms with Gasteiger partial charge in [-0.05, 0) is 58.2 Å². The molecule has 4 nitrogen and oxygen atoms in total. The zero-order valence-electron chi connectivity index (χ0n) is 12.6. The Labute approximate surface area is 121 Å². The van der Waals surface area contributed by atoms with E-state index in [9.17, 15) is 0 Å². The Hall–Kier alpha value is -1.65. The van der Waals surface area contributed by atoms with Crippen LogP contribution >= 0.6 is 0 Å². The van der Waals surface area contributed by atoms with Gasteiger partial charge in [0, 0.05) is 24.1 Å². The largest absolute Gasteiger partial charge is 0.310 e. The molecule has 0 bridgehead atoms. The van der Waals surface area contributed by atoms with Crippen LogP contribution in [-0.2, 0) is 0 Å². The van der Waals surface area contributed by atoms with Crippen LogP contribution in [0.25, 0.3) is 5.69 Å². The van der Waals surface area contributed by atoms with E-state index in [1.54, 1.807) is 6.20 Å². The normalized spacial score (nSPS) is 12.8. The molecule has 2 aromatic rings. The lowest BCUT2D eigenvalue weighted by molar-refractivity contribution is 0.389. The summed E-state index contributed by atoms with van der Waals surface area (Å²) in [5.41, 5.74) is 2.46. The van der Waals surface area contributed by atoms with Crippen molar-refractivity contribution in [2.24, 2.45) is 0 Å². The Bertz CT molecular complexity index is 488. The molecular weight excluding hydrogens is 248 g/mol. The Balaban J connectivity index is 1.86. The predicted octanol–water partition coefficient (Wildman–Crippen LogP) is 2.47. The summed E-state index contributed by atoms with van der Waals surface area (Å²) in [5.74, 6) is 0. The highest BCUT2D eigenvalue weighted by Crippen LogP contribution is 2.15. The second kappa shape index (κ2) is 7.22. The molecule has 0 amide bonds. The summed E-state index contributed by atoms with van der Waals surface area (Å²) in [7, 11) is 4.22. The number of nitrogens with one attached hydrogen (secondary N) is 1. The first-order valence-corrected chi connectivity index (χ1v) is 7.13. The maximum Gasteiger partial charge on any atom is 0.0991 e. The third-order valence-corrected chi connectivity index (χ3v) is 3.43. The highest BCUT2D eigenvalue weighted by Gasteiger charge is 2.04. The Kier molecular flexibility index (Phi) is 5.32. The third kappa shape index (κ3) is 4.18. The van der Waals surface area contributed by atoms with Gasteiger partial charge in [-0.1, -0.05) is 12.1 Å². The fourth-order valence-electron chi connectivity index (χ4n) is 2.18. The molecule has 1 heterocycles. The first kappa shape index (κ1) is 14.8. The van der Waals surface area contributed by atoms with Gasteiger partial charge in [-0.15, -0.1) is 0 Å². The molecule has 0 spiro atoms. The van der Waals surface area contributed by atoms with E-state index >= 15 is 0 Å². The average Bonchev–Trinajstić information content (AvgIpc) is 2.97. The van der Waals surface area contributed by atoms with Crippen LogP contribution in [0, 0.1) is 0 Å². The topological polar surface area (TPSA) is 33.1 Å². The first-order valence-electron chi connectivity index (χ1n) is 7.13. The van der Waals surface area contributed by atoms with Crippen LogP contribution in [0.4, 0.5) is 0 Å². The minimum Gasteiger partial charge on any atom is -0.310 e. The summed E-state index contributed by atoms with van der Waals surface area (Å²) in [6, 6.07) is 9.01. The lowest BCUT2D eigenvalue weighted by Gasteiger charge is -2.16. The molecule has 0 saturated heterocycles. The van der Waals surface area contributed by atoms with Gasteiger partial charge in [-0.2, -0.15) is 0 Å². The number of benzene rings is 1. The molecular formula is C16H24N4. The summed E-state index contributed by atoms with van der Waals surface area (Å²) in [6.07, 6.45) is 6.74. The van der Waals surface area contributed by atoms with Gasteiger partial charge in [0.2, 0.25) is 0 Å². The summed E-state index contributed by atoms with van der Waals surface area (Å²) >= 11 is 0. The quantitative estimate of drug-likeness (QED) is 0.786. The molecule has 0 fully saturated rings. The molecule has 2 rings (SSSR count). The van der Waals surface area contributed by atoms with Gasteiger partial charge < -0.3 is 14.8 Å². The monoisotopic (exact) mass is 272 g/mol. The number of nitrogens with zero attached hydrogens (tertiary/aromatic N) is 3. The van der Waals surface area contributed by atoms with E-state index in [2.05, 4.69) is 60.5 Å². The van der Waals surface area contributed by atoms with Crippen LogP contribution in [0.2, 0.25) is 0 Å². The number of hydrogen-bond donors (Lipinski definition) is 1. The van der Waals surface area contributed by atoms with E-state index in [1.165, 1.54) is 12.0 Å². The lowest BCUT2D eigenvalue weighted by Crippen LogP contribution is -2.23. The van der Waals surface area contributed by atoms with Crippen molar-refractivity contribution >= 4 is 0 Å². The van der Waals surface area contributed by atoms with E-state index in [0.717, 1.165) is 18.8 Å². The maximum absolute atomic E-state index is 4.07. The molecule has 0 aliphatic rings. The van der Waals surface area contributed by atoms with Crippen molar-refractivity contribution in [2.75, 3.05) is 27.2 Å². The van der Waals surface area contributed by atoms with E-state index in [-0.39, 0.29) is 0 Å². The van der Waals surface area contributed by atoms with Crippen molar-refractivity contribution in [3.8, 4) is 5.69 Å². The minimum absolute atomic E-state index is 0.383. The van der Waals surface area contributed by atoms with Crippen LogP contribution < -0.4 is 5.32 Å². The summed E-state index contributed by atoms with van der Waals surface area (Å²) in [6.45, 7) is 4.38. The smallest absolute Gasteiger partial charge is 0.0991 e. The van der Waals surface area contributed by atoms with Gasteiger partial charge >= 0.3 is 0 Å². The molecule has 1 N–H and O–H groups in total. The highest BCUT2D eigenvalue weighted by atomic mass is 15.1. The molecule has 4 heteroatoms. The molecule has 0 aliphatic carbocycles. The Morgan fingerprint density at radius 3 is 2.60 bits per heavy atom. The summed E-state index contributed by atoms with van der Waals surface area (Å²) in [5, 5.41) is 3.56. The second-order valence-corrected chi connectivity index (χ2v) is 5.39. The molecule has 1 aromatic heterocycles. The van der Waals surface area contributed by atoms with E-state index < -0.39 is 0 Å². The highest BCUT2D eigenvalue weighted by molar-refractivity contribution is 5.35. The van der Waals surface area contributed by atoms with Crippen LogP contribution in [0.15, 0.2) is 43.0 Å². The van der Waals surface area contributed by atoms with Crippen molar-refractivity contribution in [2.45, 2.75) is 19.4 Å². The van der Waals surface area contributed by atoms with Gasteiger partial charge in [0.25, 0.3) is 0 Å². The van der Waals surface area contributed by atoms with Gasteiger partial charge in [0.1, 0.15) is 0 Å². The van der Waals surface area contributed by atoms with Gasteiger partial charge in [0.05, 0.1) is 6.33 Å². The van der Waals surface area contributed by atoms with Crippen LogP contribution in [-0.4, -0.2) is 41.6 Å². The molecule has 1 unspecified atom stereocenters. The van der Waals surface area contributed by atoms with Crippen LogP contribution in [0.5, 0.6) is 0 Å². The van der Waals surface area contributed by atoms with E-state index in [4.69, 9.17) is 0 Å². The fraction of sp³-hybridized carbons (Fsp3) is 0.438. The molecule has 20 heavy (non-hydrogen) atoms. The zero-order chi connectivity index (χ0) is 14.4. The third-order valence-electron chi connectivity index (χ3n) is 3.43. The molecule has 108 valence electrons. The number of rotatable bonds is 7. The minimum atomic E-state index is 0.383. The average molecular weight is 272 g/mol. The van der Waals surface area contributed by atoms with Crippen LogP contribution in [0.1, 0.15) is 24.9 Å². The van der Waals surface area contributed by atoms with Crippen molar-refractivity contribution < 1.29 is 0 Å². The molecule has 0 aliphatic heterocycles. The van der Waals surface area contributed by atoms with Crippen LogP contribution in [0.3, 0.4) is 0 Å². The predicted molar refractivity (Wildman–Crippen MR) is 83.2 cm³/mol. The molecule has 0 radical (unpaired) electrons. The lowest BCUT2D eigenvalue weighted by atomic mass is 10.1.